The molecule has 23 heavy (non-hydrogen) atoms. The van der Waals surface area contributed by atoms with Crippen LogP contribution in [0.3, 0.4) is 0 Å². The molecule has 0 spiro atoms. The van der Waals surface area contributed by atoms with Crippen molar-refractivity contribution in [2.24, 2.45) is 0 Å². The molecule has 0 saturated heterocycles. The van der Waals surface area contributed by atoms with Gasteiger partial charge in [0.05, 0.1) is 0 Å². The molecule has 0 radical (unpaired) electrons. The Hall–Kier alpha value is -3.20. The van der Waals surface area contributed by atoms with E-state index in [4.69, 9.17) is 0 Å². The number of carbonyl (C=O) groups is 1. The van der Waals surface area contributed by atoms with Crippen LogP contribution in [0.25, 0.3) is 11.5 Å². The molecule has 0 N–H and O–H groups in total. The second-order valence-electron chi connectivity index (χ2n) is 5.02. The van der Waals surface area contributed by atoms with Crippen LogP contribution in [0.2, 0.25) is 0 Å². The molecule has 0 unspecified atom stereocenters. The maximum atomic E-state index is 12.9. The Morgan fingerprint density at radius 1 is 0.696 bits per heavy atom. The van der Waals surface area contributed by atoms with E-state index in [1.807, 2.05) is 18.2 Å². The van der Waals surface area contributed by atoms with Gasteiger partial charge in [-0.05, 0) is 11.3 Å². The monoisotopic (exact) mass is 301 g/mol. The Morgan fingerprint density at radius 2 is 1.17 bits per heavy atom. The summed E-state index contributed by atoms with van der Waals surface area (Å²) >= 11 is 0. The maximum Gasteiger partial charge on any atom is 0.256 e. The average Bonchev–Trinajstić information content (AvgIpc) is 2.64. The van der Waals surface area contributed by atoms with E-state index in [9.17, 15) is 9.90 Å². The van der Waals surface area contributed by atoms with Crippen LogP contribution in [0.1, 0.15) is 15.9 Å². The molecule has 1 heterocycles. The van der Waals surface area contributed by atoms with Crippen LogP contribution in [0.4, 0.5) is 0 Å². The number of aromatic nitrogens is 1. The highest BCUT2D eigenvalue weighted by Crippen LogP contribution is 2.17. The molecule has 0 saturated carbocycles. The summed E-state index contributed by atoms with van der Waals surface area (Å²) in [6, 6.07) is 23.1. The number of carbonyl (C=O) groups excluding carboxylic acids is 1. The third-order valence-electron chi connectivity index (χ3n) is 3.48. The van der Waals surface area contributed by atoms with Gasteiger partial charge in [0.2, 0.25) is 0 Å². The number of hydrogen-bond acceptors (Lipinski definition) is 2. The van der Waals surface area contributed by atoms with E-state index < -0.39 is 0 Å². The highest BCUT2D eigenvalue weighted by atomic mass is 16.3. The first-order chi connectivity index (χ1) is 11.3. The number of allylic oxidation sites excluding steroid dienone is 1. The van der Waals surface area contributed by atoms with Gasteiger partial charge < -0.3 is 5.11 Å². The normalized spacial score (nSPS) is 11.7. The highest BCUT2D eigenvalue weighted by Gasteiger charge is 2.23. The first-order valence-corrected chi connectivity index (χ1v) is 7.30. The van der Waals surface area contributed by atoms with E-state index in [0.717, 1.165) is 0 Å². The Kier molecular flexibility index (Phi) is 4.29. The second kappa shape index (κ2) is 6.71. The number of Topliss-reactive ketones (excluding diaryl/α,β-unsaturated/α-hetero) is 1. The van der Waals surface area contributed by atoms with Gasteiger partial charge in [0.1, 0.15) is 0 Å². The fraction of sp³-hybridized carbons (Fsp3) is 0. The van der Waals surface area contributed by atoms with Crippen LogP contribution in [0.15, 0.2) is 91.3 Å². The number of hydrogen-bond donors (Lipinski definition) is 0. The summed E-state index contributed by atoms with van der Waals surface area (Å²) in [6.45, 7) is 0. The predicted octanol–water partition coefficient (Wildman–Crippen LogP) is 2.54. The van der Waals surface area contributed by atoms with Crippen LogP contribution in [0, 0.1) is 0 Å². The van der Waals surface area contributed by atoms with Crippen molar-refractivity contribution in [2.45, 2.75) is 0 Å². The molecular formula is C20H15NO2. The minimum Gasteiger partial charge on any atom is -0.867 e. The van der Waals surface area contributed by atoms with E-state index in [-0.39, 0.29) is 17.2 Å². The fourth-order valence-electron chi connectivity index (χ4n) is 2.34. The molecular weight excluding hydrogens is 286 g/mol. The quantitative estimate of drug-likeness (QED) is 0.322. The standard InChI is InChI=1S/C20H15NO2/c22-19(16-10-4-1-5-11-16)18(21-14-8-3-9-15-21)20(23)17-12-6-2-7-13-17/h1-15H. The first-order valence-electron chi connectivity index (χ1n) is 7.30. The van der Waals surface area contributed by atoms with Crippen molar-refractivity contribution in [2.75, 3.05) is 0 Å². The van der Waals surface area contributed by atoms with Crippen molar-refractivity contribution >= 4 is 17.2 Å². The molecule has 3 aromatic rings. The molecule has 0 fully saturated rings. The van der Waals surface area contributed by atoms with Crippen molar-refractivity contribution in [3.05, 3.63) is 102 Å². The summed E-state index contributed by atoms with van der Waals surface area (Å²) in [6.07, 6.45) is 3.41. The average molecular weight is 301 g/mol. The summed E-state index contributed by atoms with van der Waals surface area (Å²) in [4.78, 5) is 12.9. The molecule has 0 atom stereocenters. The summed E-state index contributed by atoms with van der Waals surface area (Å²) in [5.74, 6) is -0.591. The zero-order chi connectivity index (χ0) is 16.1. The lowest BCUT2D eigenvalue weighted by Crippen LogP contribution is -2.38. The summed E-state index contributed by atoms with van der Waals surface area (Å²) in [5.41, 5.74) is 1.09. The Morgan fingerprint density at radius 3 is 1.74 bits per heavy atom. The number of rotatable bonds is 4. The van der Waals surface area contributed by atoms with E-state index in [0.29, 0.717) is 11.1 Å². The van der Waals surface area contributed by atoms with E-state index in [2.05, 4.69) is 0 Å². The Bertz CT molecular complexity index is 825. The Balaban J connectivity index is 2.18. The van der Waals surface area contributed by atoms with Gasteiger partial charge >= 0.3 is 0 Å². The maximum absolute atomic E-state index is 12.9. The fourth-order valence-corrected chi connectivity index (χ4v) is 2.34. The zero-order valence-electron chi connectivity index (χ0n) is 12.4. The third kappa shape index (κ3) is 3.19. The van der Waals surface area contributed by atoms with E-state index in [1.54, 1.807) is 77.6 Å². The number of nitrogens with zero attached hydrogens (tertiary/aromatic N) is 1. The summed E-state index contributed by atoms with van der Waals surface area (Å²) in [5, 5.41) is 12.9. The first kappa shape index (κ1) is 14.7. The van der Waals surface area contributed by atoms with Gasteiger partial charge in [-0.2, -0.15) is 4.57 Å². The van der Waals surface area contributed by atoms with Crippen molar-refractivity contribution in [1.82, 2.24) is 0 Å². The molecule has 3 nitrogen and oxygen atoms in total. The largest absolute Gasteiger partial charge is 0.867 e. The molecule has 0 aliphatic rings. The lowest BCUT2D eigenvalue weighted by molar-refractivity contribution is -0.578. The summed E-state index contributed by atoms with van der Waals surface area (Å²) in [7, 11) is 0. The van der Waals surface area contributed by atoms with Crippen molar-refractivity contribution in [1.29, 1.82) is 0 Å². The van der Waals surface area contributed by atoms with Gasteiger partial charge in [-0.25, -0.2) is 0 Å². The van der Waals surface area contributed by atoms with Crippen molar-refractivity contribution in [3.8, 4) is 0 Å². The smallest absolute Gasteiger partial charge is 0.256 e. The molecule has 0 bridgehead atoms. The molecule has 3 heteroatoms. The van der Waals surface area contributed by atoms with Gasteiger partial charge in [0, 0.05) is 17.7 Å². The van der Waals surface area contributed by atoms with Gasteiger partial charge in [-0.3, -0.25) is 4.79 Å². The zero-order valence-corrected chi connectivity index (χ0v) is 12.4. The van der Waals surface area contributed by atoms with Crippen molar-refractivity contribution < 1.29 is 14.5 Å². The third-order valence-corrected chi connectivity index (χ3v) is 3.48. The lowest BCUT2D eigenvalue weighted by atomic mass is 10.0. The van der Waals surface area contributed by atoms with Gasteiger partial charge in [0.15, 0.2) is 12.4 Å². The van der Waals surface area contributed by atoms with Gasteiger partial charge in [-0.1, -0.05) is 66.7 Å². The number of benzene rings is 2. The SMILES string of the molecule is O=C(C(=C([O-])c1ccccc1)[n+]1ccccc1)c1ccccc1. The Labute approximate surface area is 134 Å². The number of ketones is 1. The van der Waals surface area contributed by atoms with Gasteiger partial charge in [-0.15, -0.1) is 0 Å². The minimum atomic E-state index is -0.296. The van der Waals surface area contributed by atoms with Crippen LogP contribution in [-0.2, 0) is 0 Å². The van der Waals surface area contributed by atoms with E-state index in [1.165, 1.54) is 0 Å². The molecule has 0 aliphatic heterocycles. The van der Waals surface area contributed by atoms with Crippen LogP contribution in [-0.4, -0.2) is 5.78 Å². The molecule has 0 amide bonds. The molecule has 2 aromatic carbocycles. The summed E-state index contributed by atoms with van der Waals surface area (Å²) < 4.78 is 1.57. The molecule has 3 rings (SSSR count). The highest BCUT2D eigenvalue weighted by molar-refractivity contribution is 6.26. The van der Waals surface area contributed by atoms with Crippen LogP contribution >= 0.6 is 0 Å². The molecule has 112 valence electrons. The molecule has 0 aliphatic carbocycles. The lowest BCUT2D eigenvalue weighted by Gasteiger charge is -2.14. The predicted molar refractivity (Wildman–Crippen MR) is 87.0 cm³/mol. The van der Waals surface area contributed by atoms with Crippen molar-refractivity contribution in [3.63, 3.8) is 0 Å². The second-order valence-corrected chi connectivity index (χ2v) is 5.02. The van der Waals surface area contributed by atoms with Gasteiger partial charge in [0.25, 0.3) is 11.5 Å². The van der Waals surface area contributed by atoms with Crippen LogP contribution < -0.4 is 9.67 Å². The molecule has 1 aromatic heterocycles. The number of pyridine rings is 1. The minimum absolute atomic E-state index is 0.114. The van der Waals surface area contributed by atoms with E-state index >= 15 is 0 Å². The van der Waals surface area contributed by atoms with Crippen LogP contribution in [0.5, 0.6) is 0 Å². The topological polar surface area (TPSA) is 44.0 Å².